The molecule has 12 heavy (non-hydrogen) atoms. The fraction of sp³-hybridized carbons (Fsp3) is 0.800. The van der Waals surface area contributed by atoms with Crippen LogP contribution in [-0.2, 0) is 4.74 Å². The Balaban J connectivity index is 0.000000561. The molecule has 0 bridgehead atoms. The minimum atomic E-state index is 0.410. The van der Waals surface area contributed by atoms with Crippen molar-refractivity contribution in [1.29, 1.82) is 0 Å². The van der Waals surface area contributed by atoms with Crippen LogP contribution in [0.25, 0.3) is 0 Å². The van der Waals surface area contributed by atoms with Crippen LogP contribution < -0.4 is 0 Å². The van der Waals surface area contributed by atoms with Gasteiger partial charge in [-0.25, -0.2) is 0 Å². The zero-order chi connectivity index (χ0) is 9.56. The Kier molecular flexibility index (Phi) is 6.03. The molecule has 2 heteroatoms. The van der Waals surface area contributed by atoms with Gasteiger partial charge in [0.2, 0.25) is 0 Å². The first-order chi connectivity index (χ1) is 5.77. The van der Waals surface area contributed by atoms with E-state index in [0.29, 0.717) is 12.1 Å². The number of likely N-dealkylation sites (tertiary alicyclic amines) is 1. The predicted octanol–water partition coefficient (Wildman–Crippen LogP) is 1.92. The molecule has 0 N–H and O–H groups in total. The topological polar surface area (TPSA) is 12.5 Å². The summed E-state index contributed by atoms with van der Waals surface area (Å²) in [5.41, 5.74) is 0. The molecule has 1 saturated heterocycles. The van der Waals surface area contributed by atoms with Crippen LogP contribution in [0.4, 0.5) is 0 Å². The van der Waals surface area contributed by atoms with E-state index < -0.39 is 0 Å². The number of hydrogen-bond donors (Lipinski definition) is 0. The van der Waals surface area contributed by atoms with Gasteiger partial charge in [-0.3, -0.25) is 4.90 Å². The van der Waals surface area contributed by atoms with Crippen LogP contribution in [0.15, 0.2) is 12.7 Å². The van der Waals surface area contributed by atoms with E-state index in [1.54, 1.807) is 7.11 Å². The Bertz CT molecular complexity index is 125. The minimum absolute atomic E-state index is 0.410. The molecule has 72 valence electrons. The second kappa shape index (κ2) is 6.21. The largest absolute Gasteiger partial charge is 0.380 e. The highest BCUT2D eigenvalue weighted by Crippen LogP contribution is 2.17. The molecule has 1 aliphatic heterocycles. The quantitative estimate of drug-likeness (QED) is 0.588. The van der Waals surface area contributed by atoms with Gasteiger partial charge in [0.1, 0.15) is 0 Å². The summed E-state index contributed by atoms with van der Waals surface area (Å²) in [6.45, 7) is 8.80. The van der Waals surface area contributed by atoms with E-state index in [9.17, 15) is 0 Å². The van der Waals surface area contributed by atoms with Crippen LogP contribution in [0.1, 0.15) is 20.3 Å². The normalized spacial score (nSPS) is 29.3. The smallest absolute Gasteiger partial charge is 0.0716 e. The van der Waals surface area contributed by atoms with Gasteiger partial charge < -0.3 is 4.74 Å². The van der Waals surface area contributed by atoms with E-state index in [1.807, 2.05) is 19.9 Å². The van der Waals surface area contributed by atoms with Gasteiger partial charge in [0.05, 0.1) is 6.10 Å². The molecule has 2 nitrogen and oxygen atoms in total. The molecule has 1 rings (SSSR count). The molecule has 0 amide bonds. The number of methoxy groups -OCH3 is 1. The van der Waals surface area contributed by atoms with Crippen molar-refractivity contribution >= 4 is 0 Å². The van der Waals surface area contributed by atoms with Gasteiger partial charge in [0.15, 0.2) is 0 Å². The van der Waals surface area contributed by atoms with Crippen molar-refractivity contribution < 1.29 is 4.74 Å². The number of rotatable bonds is 2. The number of nitrogens with zero attached hydrogens (tertiary/aromatic N) is 1. The van der Waals surface area contributed by atoms with Gasteiger partial charge in [-0.05, 0) is 13.5 Å². The van der Waals surface area contributed by atoms with Crippen LogP contribution in [0.2, 0.25) is 0 Å². The highest BCUT2D eigenvalue weighted by atomic mass is 16.5. The molecular weight excluding hydrogens is 150 g/mol. The Hall–Kier alpha value is -0.340. The Morgan fingerprint density at radius 3 is 2.33 bits per heavy atom. The average molecular weight is 171 g/mol. The van der Waals surface area contributed by atoms with Crippen molar-refractivity contribution in [3.05, 3.63) is 12.7 Å². The summed E-state index contributed by atoms with van der Waals surface area (Å²) in [6, 6.07) is 0.518. The third-order valence-electron chi connectivity index (χ3n) is 2.17. The van der Waals surface area contributed by atoms with Crippen LogP contribution >= 0.6 is 0 Å². The second-order valence-electron chi connectivity index (χ2n) is 2.84. The van der Waals surface area contributed by atoms with Crippen molar-refractivity contribution in [1.82, 2.24) is 4.90 Å². The maximum absolute atomic E-state index is 5.22. The van der Waals surface area contributed by atoms with Crippen LogP contribution in [0.3, 0.4) is 0 Å². The molecule has 0 aromatic heterocycles. The van der Waals surface area contributed by atoms with Gasteiger partial charge in [0, 0.05) is 19.7 Å². The first kappa shape index (κ1) is 11.7. The summed E-state index contributed by atoms with van der Waals surface area (Å²) >= 11 is 0. The lowest BCUT2D eigenvalue weighted by Crippen LogP contribution is -2.23. The van der Waals surface area contributed by atoms with Gasteiger partial charge in [-0.2, -0.15) is 0 Å². The fourth-order valence-electron chi connectivity index (χ4n) is 1.43. The van der Waals surface area contributed by atoms with Gasteiger partial charge >= 0.3 is 0 Å². The fourth-order valence-corrected chi connectivity index (χ4v) is 1.43. The van der Waals surface area contributed by atoms with Crippen LogP contribution in [0.5, 0.6) is 0 Å². The maximum atomic E-state index is 5.22. The molecule has 0 saturated carbocycles. The molecule has 0 radical (unpaired) electrons. The Morgan fingerprint density at radius 2 is 2.08 bits per heavy atom. The molecule has 0 aromatic carbocycles. The molecule has 0 spiro atoms. The summed E-state index contributed by atoms with van der Waals surface area (Å²) in [5, 5.41) is 0. The predicted molar refractivity (Wildman–Crippen MR) is 53.4 cm³/mol. The summed E-state index contributed by atoms with van der Waals surface area (Å²) < 4.78 is 5.22. The van der Waals surface area contributed by atoms with E-state index in [1.165, 1.54) is 0 Å². The lowest BCUT2D eigenvalue weighted by Gasteiger charge is -2.13. The Morgan fingerprint density at radius 1 is 1.50 bits per heavy atom. The van der Waals surface area contributed by atoms with Gasteiger partial charge in [-0.15, -0.1) is 6.58 Å². The van der Waals surface area contributed by atoms with E-state index in [4.69, 9.17) is 4.74 Å². The molecule has 0 aromatic rings. The third-order valence-corrected chi connectivity index (χ3v) is 2.17. The van der Waals surface area contributed by atoms with Crippen molar-refractivity contribution in [3.63, 3.8) is 0 Å². The molecular formula is C10H21NO. The molecule has 1 heterocycles. The van der Waals surface area contributed by atoms with E-state index >= 15 is 0 Å². The SMILES string of the molecule is C=CC1C[C@@H](OC)CN1C.CC. The summed E-state index contributed by atoms with van der Waals surface area (Å²) in [5.74, 6) is 0. The molecule has 0 aliphatic carbocycles. The van der Waals surface area contributed by atoms with Gasteiger partial charge in [0.25, 0.3) is 0 Å². The highest BCUT2D eigenvalue weighted by Gasteiger charge is 2.26. The van der Waals surface area contributed by atoms with E-state index in [-0.39, 0.29) is 0 Å². The first-order valence-electron chi connectivity index (χ1n) is 4.63. The zero-order valence-electron chi connectivity index (χ0n) is 8.71. The summed E-state index contributed by atoms with van der Waals surface area (Å²) in [4.78, 5) is 2.27. The zero-order valence-corrected chi connectivity index (χ0v) is 8.71. The first-order valence-corrected chi connectivity index (χ1v) is 4.63. The molecule has 1 aliphatic rings. The summed E-state index contributed by atoms with van der Waals surface area (Å²) in [7, 11) is 3.87. The van der Waals surface area contributed by atoms with Crippen molar-refractivity contribution in [2.45, 2.75) is 32.4 Å². The second-order valence-corrected chi connectivity index (χ2v) is 2.84. The lowest BCUT2D eigenvalue weighted by atomic mass is 10.2. The van der Waals surface area contributed by atoms with Crippen molar-refractivity contribution in [2.24, 2.45) is 0 Å². The van der Waals surface area contributed by atoms with E-state index in [0.717, 1.165) is 13.0 Å². The average Bonchev–Trinajstić information content (AvgIpc) is 2.49. The maximum Gasteiger partial charge on any atom is 0.0716 e. The number of hydrogen-bond acceptors (Lipinski definition) is 2. The van der Waals surface area contributed by atoms with Crippen LogP contribution in [-0.4, -0.2) is 37.7 Å². The van der Waals surface area contributed by atoms with Gasteiger partial charge in [-0.1, -0.05) is 19.9 Å². The lowest BCUT2D eigenvalue weighted by molar-refractivity contribution is 0.111. The van der Waals surface area contributed by atoms with E-state index in [2.05, 4.69) is 18.5 Å². The summed E-state index contributed by atoms with van der Waals surface area (Å²) in [6.07, 6.45) is 3.49. The van der Waals surface area contributed by atoms with Crippen molar-refractivity contribution in [3.8, 4) is 0 Å². The standard InChI is InChI=1S/C8H15NO.C2H6/c1-4-7-5-8(10-3)6-9(7)2;1-2/h4,7-8H,1,5-6H2,2-3H3;1-2H3/t7?,8-;/m1./s1. The Labute approximate surface area is 76.2 Å². The highest BCUT2D eigenvalue weighted by molar-refractivity contribution is 4.94. The van der Waals surface area contributed by atoms with Crippen molar-refractivity contribution in [2.75, 3.05) is 20.7 Å². The molecule has 1 unspecified atom stereocenters. The molecule has 1 fully saturated rings. The number of ether oxygens (including phenoxy) is 1. The monoisotopic (exact) mass is 171 g/mol. The minimum Gasteiger partial charge on any atom is -0.380 e. The molecule has 2 atom stereocenters. The van der Waals surface area contributed by atoms with Crippen LogP contribution in [0, 0.1) is 0 Å². The third kappa shape index (κ3) is 2.95. The number of likely N-dealkylation sites (N-methyl/N-ethyl adjacent to an activating group) is 1.